The highest BCUT2D eigenvalue weighted by molar-refractivity contribution is 5.73. The van der Waals surface area contributed by atoms with E-state index >= 15 is 0 Å². The number of nitrogens with one attached hydrogen (secondary N) is 1. The zero-order valence-corrected chi connectivity index (χ0v) is 17.5. The Labute approximate surface area is 181 Å². The SMILES string of the molecule is COc1ccc(CO[C@@H]2O[C@@H]3COC(c4ccccc4)O[C@H]3[C@H](O)[C@H]2NC(C)=O)cc1. The summed E-state index contributed by atoms with van der Waals surface area (Å²) >= 11 is 0. The predicted molar refractivity (Wildman–Crippen MR) is 110 cm³/mol. The smallest absolute Gasteiger partial charge is 0.217 e. The predicted octanol–water partition coefficient (Wildman–Crippen LogP) is 1.92. The van der Waals surface area contributed by atoms with Gasteiger partial charge in [-0.2, -0.15) is 0 Å². The van der Waals surface area contributed by atoms with Gasteiger partial charge in [-0.1, -0.05) is 42.5 Å². The van der Waals surface area contributed by atoms with E-state index in [0.29, 0.717) is 0 Å². The van der Waals surface area contributed by atoms with Crippen molar-refractivity contribution >= 4 is 5.91 Å². The molecule has 0 saturated carbocycles. The van der Waals surface area contributed by atoms with E-state index in [2.05, 4.69) is 5.32 Å². The molecular weight excluding hydrogens is 402 g/mol. The number of aliphatic hydroxyl groups excluding tert-OH is 1. The summed E-state index contributed by atoms with van der Waals surface area (Å²) in [4.78, 5) is 11.8. The molecule has 8 nitrogen and oxygen atoms in total. The third kappa shape index (κ3) is 5.06. The van der Waals surface area contributed by atoms with Crippen molar-refractivity contribution in [3.05, 3.63) is 65.7 Å². The van der Waals surface area contributed by atoms with Crippen LogP contribution >= 0.6 is 0 Å². The average Bonchev–Trinajstić information content (AvgIpc) is 2.80. The van der Waals surface area contributed by atoms with Crippen LogP contribution in [0.25, 0.3) is 0 Å². The van der Waals surface area contributed by atoms with Gasteiger partial charge in [-0.25, -0.2) is 0 Å². The first-order valence-electron chi connectivity index (χ1n) is 10.2. The van der Waals surface area contributed by atoms with Gasteiger partial charge in [0.15, 0.2) is 12.6 Å². The molecule has 0 spiro atoms. The molecule has 0 radical (unpaired) electrons. The topological polar surface area (TPSA) is 95.5 Å². The molecule has 2 aromatic carbocycles. The van der Waals surface area contributed by atoms with E-state index in [9.17, 15) is 9.90 Å². The molecule has 2 heterocycles. The van der Waals surface area contributed by atoms with Crippen LogP contribution in [0.15, 0.2) is 54.6 Å². The average molecular weight is 429 g/mol. The van der Waals surface area contributed by atoms with E-state index in [4.69, 9.17) is 23.7 Å². The summed E-state index contributed by atoms with van der Waals surface area (Å²) in [6.45, 7) is 1.86. The summed E-state index contributed by atoms with van der Waals surface area (Å²) in [5.74, 6) is 0.451. The number of rotatable bonds is 6. The first-order valence-corrected chi connectivity index (χ1v) is 10.2. The highest BCUT2D eigenvalue weighted by Crippen LogP contribution is 2.34. The lowest BCUT2D eigenvalue weighted by Gasteiger charge is -2.47. The Hall–Kier alpha value is -2.49. The summed E-state index contributed by atoms with van der Waals surface area (Å²) in [6.07, 6.45) is -3.70. The molecule has 1 unspecified atom stereocenters. The minimum Gasteiger partial charge on any atom is -0.497 e. The third-order valence-corrected chi connectivity index (χ3v) is 5.38. The second-order valence-electron chi connectivity index (χ2n) is 7.60. The van der Waals surface area contributed by atoms with Crippen LogP contribution in [-0.4, -0.2) is 55.4 Å². The van der Waals surface area contributed by atoms with Gasteiger partial charge in [-0.05, 0) is 17.7 Å². The van der Waals surface area contributed by atoms with E-state index in [1.54, 1.807) is 7.11 Å². The van der Waals surface area contributed by atoms with Crippen LogP contribution in [0.5, 0.6) is 5.75 Å². The Morgan fingerprint density at radius 2 is 1.87 bits per heavy atom. The van der Waals surface area contributed by atoms with Gasteiger partial charge in [-0.3, -0.25) is 4.79 Å². The third-order valence-electron chi connectivity index (χ3n) is 5.38. The van der Waals surface area contributed by atoms with Crippen LogP contribution in [0.3, 0.4) is 0 Å². The maximum atomic E-state index is 11.8. The number of benzene rings is 2. The van der Waals surface area contributed by atoms with Crippen LogP contribution in [0.2, 0.25) is 0 Å². The number of methoxy groups -OCH3 is 1. The first-order chi connectivity index (χ1) is 15.0. The van der Waals surface area contributed by atoms with Gasteiger partial charge in [0.2, 0.25) is 5.91 Å². The van der Waals surface area contributed by atoms with Gasteiger partial charge in [0.25, 0.3) is 0 Å². The fraction of sp³-hybridized carbons (Fsp3) is 0.435. The highest BCUT2D eigenvalue weighted by atomic mass is 16.7. The minimum atomic E-state index is -1.03. The molecule has 0 bridgehead atoms. The van der Waals surface area contributed by atoms with E-state index in [0.717, 1.165) is 16.9 Å². The summed E-state index contributed by atoms with van der Waals surface area (Å²) in [5.41, 5.74) is 1.75. The Kier molecular flexibility index (Phi) is 6.84. The summed E-state index contributed by atoms with van der Waals surface area (Å²) < 4.78 is 29.0. The minimum absolute atomic E-state index is 0.233. The quantitative estimate of drug-likeness (QED) is 0.724. The van der Waals surface area contributed by atoms with E-state index in [1.165, 1.54) is 6.92 Å². The molecule has 31 heavy (non-hydrogen) atoms. The largest absolute Gasteiger partial charge is 0.497 e. The zero-order chi connectivity index (χ0) is 21.8. The van der Waals surface area contributed by atoms with Crippen molar-refractivity contribution in [3.8, 4) is 5.75 Å². The fourth-order valence-electron chi connectivity index (χ4n) is 3.80. The van der Waals surface area contributed by atoms with Crippen molar-refractivity contribution in [1.82, 2.24) is 5.32 Å². The number of ether oxygens (including phenoxy) is 5. The van der Waals surface area contributed by atoms with Crippen molar-refractivity contribution in [2.45, 2.75) is 50.5 Å². The second kappa shape index (κ2) is 9.76. The van der Waals surface area contributed by atoms with Crippen molar-refractivity contribution in [3.63, 3.8) is 0 Å². The van der Waals surface area contributed by atoms with Gasteiger partial charge < -0.3 is 34.1 Å². The maximum absolute atomic E-state index is 11.8. The van der Waals surface area contributed by atoms with Crippen LogP contribution in [0.4, 0.5) is 0 Å². The molecule has 2 N–H and O–H groups in total. The van der Waals surface area contributed by atoms with Crippen LogP contribution in [-0.2, 0) is 30.3 Å². The van der Waals surface area contributed by atoms with Crippen molar-refractivity contribution in [2.75, 3.05) is 13.7 Å². The lowest BCUT2D eigenvalue weighted by Crippen LogP contribution is -2.66. The zero-order valence-electron chi connectivity index (χ0n) is 17.5. The molecule has 0 aromatic heterocycles. The molecule has 166 valence electrons. The normalized spacial score (nSPS) is 30.3. The number of carbonyl (C=O) groups is 1. The monoisotopic (exact) mass is 429 g/mol. The molecule has 0 aliphatic carbocycles. The molecule has 4 rings (SSSR count). The molecule has 2 saturated heterocycles. The Bertz CT molecular complexity index is 860. The number of hydrogen-bond donors (Lipinski definition) is 2. The van der Waals surface area contributed by atoms with Gasteiger partial charge >= 0.3 is 0 Å². The molecule has 8 heteroatoms. The van der Waals surface area contributed by atoms with Crippen LogP contribution < -0.4 is 10.1 Å². The van der Waals surface area contributed by atoms with E-state index < -0.39 is 36.9 Å². The fourth-order valence-corrected chi connectivity index (χ4v) is 3.80. The second-order valence-corrected chi connectivity index (χ2v) is 7.60. The van der Waals surface area contributed by atoms with E-state index in [1.807, 2.05) is 54.6 Å². The number of fused-ring (bicyclic) bond motifs is 1. The van der Waals surface area contributed by atoms with Crippen molar-refractivity contribution < 1.29 is 33.6 Å². The van der Waals surface area contributed by atoms with E-state index in [-0.39, 0.29) is 19.1 Å². The molecule has 1 amide bonds. The number of aliphatic hydroxyl groups is 1. The Morgan fingerprint density at radius 1 is 1.13 bits per heavy atom. The first kappa shape index (κ1) is 21.7. The Balaban J connectivity index is 1.45. The maximum Gasteiger partial charge on any atom is 0.217 e. The van der Waals surface area contributed by atoms with Gasteiger partial charge in [0, 0.05) is 12.5 Å². The summed E-state index contributed by atoms with van der Waals surface area (Å²) in [5, 5.41) is 13.8. The molecule has 6 atom stereocenters. The van der Waals surface area contributed by atoms with Crippen molar-refractivity contribution in [1.29, 1.82) is 0 Å². The molecule has 2 aliphatic heterocycles. The Morgan fingerprint density at radius 3 is 2.55 bits per heavy atom. The standard InChI is InChI=1S/C23H27NO7/c1-14(25)24-19-20(26)21-18(13-29-22(31-21)16-6-4-3-5-7-16)30-23(19)28-12-15-8-10-17(27-2)11-9-15/h3-11,18-23,26H,12-13H2,1-2H3,(H,24,25)/t18-,19-,20-,21-,22?,23-/m1/s1. The summed E-state index contributed by atoms with van der Waals surface area (Å²) in [6, 6.07) is 16.1. The molecule has 2 aromatic rings. The van der Waals surface area contributed by atoms with Gasteiger partial charge in [0.05, 0.1) is 20.3 Å². The lowest BCUT2D eigenvalue weighted by atomic mass is 9.95. The molecule has 2 aliphatic rings. The van der Waals surface area contributed by atoms with Gasteiger partial charge in [-0.15, -0.1) is 0 Å². The number of hydrogen-bond acceptors (Lipinski definition) is 7. The van der Waals surface area contributed by atoms with Gasteiger partial charge in [0.1, 0.15) is 30.1 Å². The number of carbonyl (C=O) groups excluding carboxylic acids is 1. The lowest BCUT2D eigenvalue weighted by molar-refractivity contribution is -0.345. The highest BCUT2D eigenvalue weighted by Gasteiger charge is 2.50. The summed E-state index contributed by atoms with van der Waals surface area (Å²) in [7, 11) is 1.61. The van der Waals surface area contributed by atoms with Crippen molar-refractivity contribution in [2.24, 2.45) is 0 Å². The molecule has 2 fully saturated rings. The number of amides is 1. The van der Waals surface area contributed by atoms with Crippen LogP contribution in [0, 0.1) is 0 Å². The molecular formula is C23H27NO7. The van der Waals surface area contributed by atoms with Crippen LogP contribution in [0.1, 0.15) is 24.3 Å².